The van der Waals surface area contributed by atoms with Crippen molar-refractivity contribution in [3.8, 4) is 11.8 Å². The van der Waals surface area contributed by atoms with Gasteiger partial charge in [-0.05, 0) is 29.8 Å². The topological polar surface area (TPSA) is 64.3 Å². The van der Waals surface area contributed by atoms with Gasteiger partial charge in [-0.15, -0.1) is 0 Å². The summed E-state index contributed by atoms with van der Waals surface area (Å²) in [4.78, 5) is 13.8. The second kappa shape index (κ2) is 5.62. The van der Waals surface area contributed by atoms with E-state index in [0.717, 1.165) is 10.8 Å². The fraction of sp³-hybridized carbons (Fsp3) is 0.250. The molecule has 0 radical (unpaired) electrons. The molecular formula is C16H16N2O2. The van der Waals surface area contributed by atoms with E-state index in [4.69, 9.17) is 5.26 Å². The van der Waals surface area contributed by atoms with Crippen molar-refractivity contribution in [1.29, 1.82) is 5.26 Å². The van der Waals surface area contributed by atoms with Crippen LogP contribution in [0.2, 0.25) is 0 Å². The molecule has 0 fully saturated rings. The fourth-order valence-electron chi connectivity index (χ4n) is 2.14. The third-order valence-corrected chi connectivity index (χ3v) is 3.21. The summed E-state index contributed by atoms with van der Waals surface area (Å²) in [7, 11) is 1.63. The summed E-state index contributed by atoms with van der Waals surface area (Å²) < 4.78 is 0. The number of carbonyl (C=O) groups excluding carboxylic acids is 1. The Hall–Kier alpha value is -2.54. The predicted octanol–water partition coefficient (Wildman–Crippen LogP) is 2.78. The molecule has 4 heteroatoms. The number of carbonyl (C=O) groups is 1. The maximum Gasteiger partial charge on any atom is 0.257 e. The summed E-state index contributed by atoms with van der Waals surface area (Å²) in [5.41, 5.74) is 0.260. The van der Waals surface area contributed by atoms with E-state index in [1.165, 1.54) is 4.90 Å². The number of hydrogen-bond donors (Lipinski definition) is 1. The van der Waals surface area contributed by atoms with Crippen LogP contribution >= 0.6 is 0 Å². The minimum absolute atomic E-state index is 0.0369. The normalized spacial score (nSPS) is 11.8. The molecule has 2 rings (SSSR count). The van der Waals surface area contributed by atoms with E-state index < -0.39 is 0 Å². The van der Waals surface area contributed by atoms with Crippen LogP contribution in [0.15, 0.2) is 36.4 Å². The maximum atomic E-state index is 12.3. The van der Waals surface area contributed by atoms with E-state index in [2.05, 4.69) is 6.07 Å². The average Bonchev–Trinajstić information content (AvgIpc) is 2.45. The number of nitrogens with zero attached hydrogens (tertiary/aromatic N) is 2. The van der Waals surface area contributed by atoms with E-state index in [1.807, 2.05) is 24.3 Å². The Bertz CT molecular complexity index is 688. The molecule has 0 saturated heterocycles. The van der Waals surface area contributed by atoms with Crippen molar-refractivity contribution < 1.29 is 9.90 Å². The Kier molecular flexibility index (Phi) is 3.90. The number of amides is 1. The van der Waals surface area contributed by atoms with E-state index in [-0.39, 0.29) is 23.1 Å². The zero-order valence-corrected chi connectivity index (χ0v) is 11.5. The second-order valence-electron chi connectivity index (χ2n) is 4.93. The highest BCUT2D eigenvalue weighted by Gasteiger charge is 2.18. The molecule has 2 aromatic carbocycles. The van der Waals surface area contributed by atoms with Gasteiger partial charge < -0.3 is 10.0 Å². The largest absolute Gasteiger partial charge is 0.507 e. The number of fused-ring (bicyclic) bond motifs is 1. The molecule has 0 aliphatic heterocycles. The van der Waals surface area contributed by atoms with Gasteiger partial charge in [0.05, 0.1) is 17.6 Å². The van der Waals surface area contributed by atoms with E-state index in [0.29, 0.717) is 6.54 Å². The van der Waals surface area contributed by atoms with E-state index in [1.54, 1.807) is 26.1 Å². The van der Waals surface area contributed by atoms with Crippen LogP contribution in [0.5, 0.6) is 5.75 Å². The Morgan fingerprint density at radius 3 is 2.55 bits per heavy atom. The van der Waals surface area contributed by atoms with Gasteiger partial charge in [0.1, 0.15) is 5.75 Å². The summed E-state index contributed by atoms with van der Waals surface area (Å²) in [5, 5.41) is 20.6. The first-order valence-corrected chi connectivity index (χ1v) is 6.39. The first-order chi connectivity index (χ1) is 9.52. The van der Waals surface area contributed by atoms with Crippen molar-refractivity contribution in [2.45, 2.75) is 6.92 Å². The lowest BCUT2D eigenvalue weighted by Crippen LogP contribution is -2.30. The molecule has 0 bridgehead atoms. The molecule has 0 spiro atoms. The second-order valence-corrected chi connectivity index (χ2v) is 4.93. The molecule has 102 valence electrons. The molecular weight excluding hydrogens is 252 g/mol. The molecule has 1 atom stereocenters. The number of benzene rings is 2. The third kappa shape index (κ3) is 2.72. The molecule has 2 aromatic rings. The number of aromatic hydroxyl groups is 1. The zero-order valence-electron chi connectivity index (χ0n) is 11.5. The molecule has 1 N–H and O–H groups in total. The van der Waals surface area contributed by atoms with Crippen LogP contribution in [-0.2, 0) is 0 Å². The van der Waals surface area contributed by atoms with Crippen LogP contribution in [0.1, 0.15) is 17.3 Å². The van der Waals surface area contributed by atoms with Crippen molar-refractivity contribution in [3.05, 3.63) is 42.0 Å². The van der Waals surface area contributed by atoms with Crippen molar-refractivity contribution in [1.82, 2.24) is 4.90 Å². The zero-order chi connectivity index (χ0) is 14.7. The molecule has 1 unspecified atom stereocenters. The summed E-state index contributed by atoms with van der Waals surface area (Å²) in [5.74, 6) is -0.563. The van der Waals surface area contributed by atoms with Gasteiger partial charge in [-0.3, -0.25) is 4.79 Å². The molecule has 0 heterocycles. The van der Waals surface area contributed by atoms with Gasteiger partial charge in [0, 0.05) is 13.6 Å². The van der Waals surface area contributed by atoms with Crippen LogP contribution in [0.25, 0.3) is 10.8 Å². The van der Waals surface area contributed by atoms with Crippen LogP contribution in [-0.4, -0.2) is 29.5 Å². The van der Waals surface area contributed by atoms with Gasteiger partial charge >= 0.3 is 0 Å². The lowest BCUT2D eigenvalue weighted by Gasteiger charge is -2.19. The van der Waals surface area contributed by atoms with Crippen LogP contribution in [0, 0.1) is 17.2 Å². The lowest BCUT2D eigenvalue weighted by atomic mass is 10.0. The third-order valence-electron chi connectivity index (χ3n) is 3.21. The molecule has 0 saturated carbocycles. The average molecular weight is 268 g/mol. The number of rotatable bonds is 3. The minimum Gasteiger partial charge on any atom is -0.507 e. The molecule has 1 amide bonds. The molecule has 20 heavy (non-hydrogen) atoms. The van der Waals surface area contributed by atoms with Crippen molar-refractivity contribution in [2.75, 3.05) is 13.6 Å². The first kappa shape index (κ1) is 13.9. The highest BCUT2D eigenvalue weighted by Crippen LogP contribution is 2.26. The van der Waals surface area contributed by atoms with Crippen LogP contribution < -0.4 is 0 Å². The minimum atomic E-state index is -0.282. The molecule has 0 aromatic heterocycles. The van der Waals surface area contributed by atoms with Gasteiger partial charge in [0.2, 0.25) is 0 Å². The van der Waals surface area contributed by atoms with Gasteiger partial charge in [-0.2, -0.15) is 5.26 Å². The van der Waals surface area contributed by atoms with Gasteiger partial charge in [-0.25, -0.2) is 0 Å². The Morgan fingerprint density at radius 2 is 1.95 bits per heavy atom. The van der Waals surface area contributed by atoms with Crippen LogP contribution in [0.3, 0.4) is 0 Å². The summed E-state index contributed by atoms with van der Waals surface area (Å²) >= 11 is 0. The standard InChI is InChI=1S/C16H16N2O2/c1-11(9-17)10-18(2)16(20)14-7-12-5-3-4-6-13(12)8-15(14)19/h3-8,11,19H,10H2,1-2H3. The van der Waals surface area contributed by atoms with Crippen molar-refractivity contribution in [2.24, 2.45) is 5.92 Å². The quantitative estimate of drug-likeness (QED) is 0.930. The van der Waals surface area contributed by atoms with Gasteiger partial charge in [0.15, 0.2) is 0 Å². The van der Waals surface area contributed by atoms with Crippen LogP contribution in [0.4, 0.5) is 0 Å². The highest BCUT2D eigenvalue weighted by atomic mass is 16.3. The maximum absolute atomic E-state index is 12.3. The monoisotopic (exact) mass is 268 g/mol. The summed E-state index contributed by atoms with van der Waals surface area (Å²) in [6.07, 6.45) is 0. The molecule has 4 nitrogen and oxygen atoms in total. The predicted molar refractivity (Wildman–Crippen MR) is 77.4 cm³/mol. The van der Waals surface area contributed by atoms with Crippen molar-refractivity contribution in [3.63, 3.8) is 0 Å². The van der Waals surface area contributed by atoms with Gasteiger partial charge in [0.25, 0.3) is 5.91 Å². The van der Waals surface area contributed by atoms with E-state index >= 15 is 0 Å². The van der Waals surface area contributed by atoms with E-state index in [9.17, 15) is 9.90 Å². The first-order valence-electron chi connectivity index (χ1n) is 6.39. The SMILES string of the molecule is CC(C#N)CN(C)C(=O)c1cc2ccccc2cc1O. The number of hydrogen-bond acceptors (Lipinski definition) is 3. The Balaban J connectivity index is 2.35. The van der Waals surface area contributed by atoms with Gasteiger partial charge in [-0.1, -0.05) is 24.3 Å². The lowest BCUT2D eigenvalue weighted by molar-refractivity contribution is 0.0782. The molecule has 0 aliphatic rings. The smallest absolute Gasteiger partial charge is 0.257 e. The fourth-order valence-corrected chi connectivity index (χ4v) is 2.14. The van der Waals surface area contributed by atoms with Crippen molar-refractivity contribution >= 4 is 16.7 Å². The summed E-state index contributed by atoms with van der Waals surface area (Å²) in [6.45, 7) is 2.09. The number of phenolic OH excluding ortho intramolecular Hbond substituents is 1. The number of phenols is 1. The molecule has 0 aliphatic carbocycles. The Morgan fingerprint density at radius 1 is 1.35 bits per heavy atom. The Labute approximate surface area is 117 Å². The number of nitriles is 1. The summed E-state index contributed by atoms with van der Waals surface area (Å²) in [6, 6.07) is 12.9. The highest BCUT2D eigenvalue weighted by molar-refractivity contribution is 6.01.